The number of thiophene rings is 1. The molecule has 1 saturated heterocycles. The first kappa shape index (κ1) is 17.5. The summed E-state index contributed by atoms with van der Waals surface area (Å²) in [5, 5.41) is 4.88. The third-order valence-corrected chi connectivity index (χ3v) is 5.47. The van der Waals surface area contributed by atoms with Gasteiger partial charge >= 0.3 is 0 Å². The standard InChI is InChI=1S/C19H19N3O4S/c23-17(20-11-14-12-26-18(21-14)16-4-2-10-27-16)13-5-7-22(8-6-13)19(24)15-3-1-9-25-15/h1-4,9-10,12-13H,5-8,11H2,(H,20,23). The molecule has 7 nitrogen and oxygen atoms in total. The monoisotopic (exact) mass is 385 g/mol. The van der Waals surface area contributed by atoms with E-state index in [1.54, 1.807) is 34.6 Å². The molecule has 0 spiro atoms. The SMILES string of the molecule is O=C(NCc1coc(-c2cccs2)n1)C1CCN(C(=O)c2ccco2)CC1. The van der Waals surface area contributed by atoms with Crippen molar-refractivity contribution in [2.75, 3.05) is 13.1 Å². The van der Waals surface area contributed by atoms with E-state index in [9.17, 15) is 9.59 Å². The summed E-state index contributed by atoms with van der Waals surface area (Å²) in [6.07, 6.45) is 4.33. The minimum atomic E-state index is -0.123. The molecule has 3 aromatic heterocycles. The van der Waals surface area contributed by atoms with Crippen molar-refractivity contribution in [1.29, 1.82) is 0 Å². The second-order valence-electron chi connectivity index (χ2n) is 6.38. The van der Waals surface area contributed by atoms with Crippen LogP contribution in [0.3, 0.4) is 0 Å². The van der Waals surface area contributed by atoms with Gasteiger partial charge in [-0.05, 0) is 36.4 Å². The number of oxazole rings is 1. The average Bonchev–Trinajstić information content (AvgIpc) is 3.47. The van der Waals surface area contributed by atoms with E-state index in [0.717, 1.165) is 4.88 Å². The molecule has 0 bridgehead atoms. The summed E-state index contributed by atoms with van der Waals surface area (Å²) in [5.74, 6) is 0.669. The molecule has 0 saturated carbocycles. The normalized spacial score (nSPS) is 15.0. The van der Waals surface area contributed by atoms with Gasteiger partial charge in [-0.1, -0.05) is 6.07 Å². The predicted molar refractivity (Wildman–Crippen MR) is 99.0 cm³/mol. The third kappa shape index (κ3) is 3.95. The maximum atomic E-state index is 12.4. The molecular formula is C19H19N3O4S. The zero-order chi connectivity index (χ0) is 18.6. The zero-order valence-electron chi connectivity index (χ0n) is 14.6. The van der Waals surface area contributed by atoms with E-state index in [4.69, 9.17) is 8.83 Å². The number of amides is 2. The Morgan fingerprint density at radius 1 is 1.22 bits per heavy atom. The van der Waals surface area contributed by atoms with E-state index in [2.05, 4.69) is 10.3 Å². The van der Waals surface area contributed by atoms with Crippen LogP contribution in [0, 0.1) is 5.92 Å². The van der Waals surface area contributed by atoms with Crippen LogP contribution in [0.1, 0.15) is 29.1 Å². The fraction of sp³-hybridized carbons (Fsp3) is 0.316. The molecule has 1 aliphatic rings. The van der Waals surface area contributed by atoms with Crippen molar-refractivity contribution in [1.82, 2.24) is 15.2 Å². The van der Waals surface area contributed by atoms with Gasteiger partial charge in [0.25, 0.3) is 5.91 Å². The van der Waals surface area contributed by atoms with E-state index >= 15 is 0 Å². The number of likely N-dealkylation sites (tertiary alicyclic amines) is 1. The van der Waals surface area contributed by atoms with E-state index in [1.807, 2.05) is 17.5 Å². The Bertz CT molecular complexity index is 893. The quantitative estimate of drug-likeness (QED) is 0.729. The van der Waals surface area contributed by atoms with Crippen LogP contribution in [0.25, 0.3) is 10.8 Å². The van der Waals surface area contributed by atoms with Gasteiger partial charge in [0.2, 0.25) is 11.8 Å². The Balaban J connectivity index is 1.26. The second kappa shape index (κ2) is 7.79. The molecule has 4 heterocycles. The molecule has 0 atom stereocenters. The average molecular weight is 385 g/mol. The lowest BCUT2D eigenvalue weighted by Crippen LogP contribution is -2.42. The number of carbonyl (C=O) groups excluding carboxylic acids is 2. The molecule has 27 heavy (non-hydrogen) atoms. The van der Waals surface area contributed by atoms with Gasteiger partial charge in [0.05, 0.1) is 23.4 Å². The molecule has 0 radical (unpaired) electrons. The van der Waals surface area contributed by atoms with Crippen molar-refractivity contribution >= 4 is 23.2 Å². The number of aromatic nitrogens is 1. The molecule has 3 aromatic rings. The first-order valence-corrected chi connectivity index (χ1v) is 9.67. The third-order valence-electron chi connectivity index (χ3n) is 4.61. The molecule has 140 valence electrons. The molecule has 4 rings (SSSR count). The summed E-state index contributed by atoms with van der Waals surface area (Å²) in [6, 6.07) is 7.23. The van der Waals surface area contributed by atoms with Crippen molar-refractivity contribution in [3.63, 3.8) is 0 Å². The molecule has 0 aliphatic carbocycles. The number of furan rings is 1. The summed E-state index contributed by atoms with van der Waals surface area (Å²) < 4.78 is 10.6. The minimum absolute atomic E-state index is 0.0132. The van der Waals surface area contributed by atoms with E-state index in [1.165, 1.54) is 6.26 Å². The fourth-order valence-electron chi connectivity index (χ4n) is 3.12. The Morgan fingerprint density at radius 2 is 2.07 bits per heavy atom. The van der Waals surface area contributed by atoms with Crippen molar-refractivity contribution < 1.29 is 18.4 Å². The summed E-state index contributed by atoms with van der Waals surface area (Å²) >= 11 is 1.56. The first-order valence-electron chi connectivity index (χ1n) is 8.79. The lowest BCUT2D eigenvalue weighted by molar-refractivity contribution is -0.126. The van der Waals surface area contributed by atoms with Gasteiger partial charge in [-0.15, -0.1) is 11.3 Å². The van der Waals surface area contributed by atoms with Crippen molar-refractivity contribution in [3.05, 3.63) is 53.6 Å². The van der Waals surface area contributed by atoms with Gasteiger partial charge in [-0.25, -0.2) is 4.98 Å². The number of carbonyl (C=O) groups is 2. The van der Waals surface area contributed by atoms with E-state index in [0.29, 0.717) is 49.8 Å². The lowest BCUT2D eigenvalue weighted by atomic mass is 9.95. The van der Waals surface area contributed by atoms with Gasteiger partial charge in [-0.2, -0.15) is 0 Å². The maximum absolute atomic E-state index is 12.4. The van der Waals surface area contributed by atoms with Gasteiger partial charge in [-0.3, -0.25) is 9.59 Å². The highest BCUT2D eigenvalue weighted by Gasteiger charge is 2.28. The topological polar surface area (TPSA) is 88.6 Å². The fourth-order valence-corrected chi connectivity index (χ4v) is 3.78. The second-order valence-corrected chi connectivity index (χ2v) is 7.33. The van der Waals surface area contributed by atoms with Crippen LogP contribution >= 0.6 is 11.3 Å². The number of hydrogen-bond acceptors (Lipinski definition) is 6. The highest BCUT2D eigenvalue weighted by molar-refractivity contribution is 7.13. The molecule has 2 amide bonds. The number of rotatable bonds is 5. The minimum Gasteiger partial charge on any atom is -0.459 e. The summed E-state index contributed by atoms with van der Waals surface area (Å²) in [5.41, 5.74) is 0.692. The molecule has 0 unspecified atom stereocenters. The van der Waals surface area contributed by atoms with Crippen LogP contribution in [0.15, 0.2) is 51.0 Å². The molecule has 1 fully saturated rings. The highest BCUT2D eigenvalue weighted by Crippen LogP contribution is 2.24. The van der Waals surface area contributed by atoms with Crippen LogP contribution in [-0.4, -0.2) is 34.8 Å². The Morgan fingerprint density at radius 3 is 2.78 bits per heavy atom. The smallest absolute Gasteiger partial charge is 0.289 e. The molecule has 1 aliphatic heterocycles. The van der Waals surface area contributed by atoms with Gasteiger partial charge in [0, 0.05) is 19.0 Å². The highest BCUT2D eigenvalue weighted by atomic mass is 32.1. The van der Waals surface area contributed by atoms with Crippen molar-refractivity contribution in [2.45, 2.75) is 19.4 Å². The molecule has 0 aromatic carbocycles. The van der Waals surface area contributed by atoms with Gasteiger partial charge < -0.3 is 19.1 Å². The van der Waals surface area contributed by atoms with E-state index in [-0.39, 0.29) is 17.7 Å². The Hall–Kier alpha value is -2.87. The van der Waals surface area contributed by atoms with Crippen molar-refractivity contribution in [2.24, 2.45) is 5.92 Å². The van der Waals surface area contributed by atoms with Crippen LogP contribution < -0.4 is 5.32 Å². The van der Waals surface area contributed by atoms with Gasteiger partial charge in [0.15, 0.2) is 5.76 Å². The summed E-state index contributed by atoms with van der Waals surface area (Å²) in [7, 11) is 0. The summed E-state index contributed by atoms with van der Waals surface area (Å²) in [6.45, 7) is 1.42. The van der Waals surface area contributed by atoms with Gasteiger partial charge in [0.1, 0.15) is 6.26 Å². The Kier molecular flexibility index (Phi) is 5.06. The molecule has 8 heteroatoms. The zero-order valence-corrected chi connectivity index (χ0v) is 15.4. The molecule has 1 N–H and O–H groups in total. The van der Waals surface area contributed by atoms with Crippen molar-refractivity contribution in [3.8, 4) is 10.8 Å². The number of nitrogens with one attached hydrogen (secondary N) is 1. The van der Waals surface area contributed by atoms with E-state index < -0.39 is 0 Å². The summed E-state index contributed by atoms with van der Waals surface area (Å²) in [4.78, 5) is 31.8. The van der Waals surface area contributed by atoms with Crippen LogP contribution in [0.4, 0.5) is 0 Å². The van der Waals surface area contributed by atoms with Crippen LogP contribution in [-0.2, 0) is 11.3 Å². The first-order chi connectivity index (χ1) is 13.2. The van der Waals surface area contributed by atoms with Crippen LogP contribution in [0.5, 0.6) is 0 Å². The predicted octanol–water partition coefficient (Wildman–Crippen LogP) is 3.16. The lowest BCUT2D eigenvalue weighted by Gasteiger charge is -2.30. The maximum Gasteiger partial charge on any atom is 0.289 e. The van der Waals surface area contributed by atoms with Crippen LogP contribution in [0.2, 0.25) is 0 Å². The number of piperidine rings is 1. The largest absolute Gasteiger partial charge is 0.459 e. The Labute approximate surface area is 160 Å². The number of hydrogen-bond donors (Lipinski definition) is 1. The molecular weight excluding hydrogens is 366 g/mol. The number of nitrogens with zero attached hydrogens (tertiary/aromatic N) is 2.